The number of methoxy groups -OCH3 is 1. The Hall–Kier alpha value is -1.46. The molecule has 0 spiro atoms. The normalized spacial score (nSPS) is 11.8. The second-order valence-electron chi connectivity index (χ2n) is 4.40. The fraction of sp³-hybridized carbons (Fsp3) is 0.538. The van der Waals surface area contributed by atoms with E-state index in [0.717, 1.165) is 0 Å². The summed E-state index contributed by atoms with van der Waals surface area (Å²) in [5.41, 5.74) is 0.692. The predicted molar refractivity (Wildman–Crippen MR) is 63.2 cm³/mol. The minimum absolute atomic E-state index is 0.0765. The van der Waals surface area contributed by atoms with E-state index < -0.39 is 25.0 Å². The van der Waals surface area contributed by atoms with Gasteiger partial charge in [-0.05, 0) is 23.6 Å². The predicted octanol–water partition coefficient (Wildman–Crippen LogP) is 4.29. The van der Waals surface area contributed by atoms with Crippen molar-refractivity contribution in [1.29, 1.82) is 0 Å². The van der Waals surface area contributed by atoms with Gasteiger partial charge in [-0.25, -0.2) is 4.39 Å². The van der Waals surface area contributed by atoms with E-state index >= 15 is 0 Å². The van der Waals surface area contributed by atoms with Crippen LogP contribution in [0.25, 0.3) is 0 Å². The molecule has 0 fully saturated rings. The maximum Gasteiger partial charge on any atom is 0.392 e. The van der Waals surface area contributed by atoms with E-state index in [0.29, 0.717) is 5.56 Å². The van der Waals surface area contributed by atoms with Crippen LogP contribution in [0.3, 0.4) is 0 Å². The second kappa shape index (κ2) is 6.12. The van der Waals surface area contributed by atoms with Crippen molar-refractivity contribution < 1.29 is 27.0 Å². The molecule has 0 amide bonds. The molecule has 1 aromatic carbocycles. The first-order chi connectivity index (χ1) is 8.74. The van der Waals surface area contributed by atoms with Gasteiger partial charge in [-0.1, -0.05) is 13.8 Å². The van der Waals surface area contributed by atoms with E-state index in [1.54, 1.807) is 6.07 Å². The quantitative estimate of drug-likeness (QED) is 0.749. The lowest BCUT2D eigenvalue weighted by Gasteiger charge is -2.15. The topological polar surface area (TPSA) is 18.5 Å². The molecule has 6 heteroatoms. The van der Waals surface area contributed by atoms with E-state index in [9.17, 15) is 17.6 Å². The van der Waals surface area contributed by atoms with Crippen molar-refractivity contribution in [1.82, 2.24) is 0 Å². The van der Waals surface area contributed by atoms with Crippen molar-refractivity contribution in [3.05, 3.63) is 23.5 Å². The lowest BCUT2D eigenvalue weighted by Crippen LogP contribution is -2.14. The molecule has 0 aromatic heterocycles. The Kier molecular flexibility index (Phi) is 5.03. The van der Waals surface area contributed by atoms with Crippen molar-refractivity contribution in [2.24, 2.45) is 0 Å². The Bertz CT molecular complexity index is 427. The van der Waals surface area contributed by atoms with Crippen LogP contribution in [0.1, 0.15) is 31.7 Å². The van der Waals surface area contributed by atoms with Crippen LogP contribution < -0.4 is 9.47 Å². The summed E-state index contributed by atoms with van der Waals surface area (Å²) in [6.45, 7) is 3.11. The molecule has 0 saturated carbocycles. The van der Waals surface area contributed by atoms with Crippen molar-refractivity contribution >= 4 is 0 Å². The van der Waals surface area contributed by atoms with Gasteiger partial charge in [0.15, 0.2) is 17.3 Å². The van der Waals surface area contributed by atoms with Crippen LogP contribution in [0.5, 0.6) is 11.5 Å². The van der Waals surface area contributed by atoms with Crippen LogP contribution in [0.2, 0.25) is 0 Å². The Morgan fingerprint density at radius 2 is 1.84 bits per heavy atom. The molecule has 19 heavy (non-hydrogen) atoms. The molecule has 0 unspecified atom stereocenters. The third-order valence-corrected chi connectivity index (χ3v) is 2.55. The summed E-state index contributed by atoms with van der Waals surface area (Å²) in [6.07, 6.45) is -5.47. The van der Waals surface area contributed by atoms with Crippen molar-refractivity contribution in [2.45, 2.75) is 32.4 Å². The fourth-order valence-electron chi connectivity index (χ4n) is 1.48. The molecule has 2 nitrogen and oxygen atoms in total. The lowest BCUT2D eigenvalue weighted by atomic mass is 10.0. The smallest absolute Gasteiger partial charge is 0.392 e. The van der Waals surface area contributed by atoms with Crippen LogP contribution in [-0.4, -0.2) is 19.9 Å². The number of hydrogen-bond acceptors (Lipinski definition) is 2. The Morgan fingerprint density at radius 3 is 2.32 bits per heavy atom. The first-order valence-corrected chi connectivity index (χ1v) is 5.81. The van der Waals surface area contributed by atoms with Gasteiger partial charge < -0.3 is 9.47 Å². The second-order valence-corrected chi connectivity index (χ2v) is 4.40. The Morgan fingerprint density at radius 1 is 1.21 bits per heavy atom. The van der Waals surface area contributed by atoms with E-state index in [1.807, 2.05) is 13.8 Å². The Labute approximate surface area is 109 Å². The van der Waals surface area contributed by atoms with Crippen LogP contribution in [0.15, 0.2) is 12.1 Å². The molecular weight excluding hydrogens is 264 g/mol. The lowest BCUT2D eigenvalue weighted by molar-refractivity contribution is -0.139. The minimum atomic E-state index is -4.33. The number of benzene rings is 1. The number of alkyl halides is 3. The minimum Gasteiger partial charge on any atom is -0.493 e. The molecule has 108 valence electrons. The number of halogens is 4. The van der Waals surface area contributed by atoms with Crippen molar-refractivity contribution in [2.75, 3.05) is 13.7 Å². The van der Waals surface area contributed by atoms with Gasteiger partial charge in [-0.2, -0.15) is 13.2 Å². The third kappa shape index (κ3) is 4.61. The maximum atomic E-state index is 13.8. The van der Waals surface area contributed by atoms with Crippen LogP contribution in [0.4, 0.5) is 17.6 Å². The molecule has 1 aromatic rings. The highest BCUT2D eigenvalue weighted by Gasteiger charge is 2.27. The molecule has 0 aliphatic carbocycles. The summed E-state index contributed by atoms with van der Waals surface area (Å²) in [5, 5.41) is 0. The molecule has 0 N–H and O–H groups in total. The SMILES string of the molecule is COc1cc(C(C)C)cc(F)c1OCCC(F)(F)F. The highest BCUT2D eigenvalue weighted by molar-refractivity contribution is 5.45. The van der Waals surface area contributed by atoms with Crippen LogP contribution in [0, 0.1) is 5.82 Å². The maximum absolute atomic E-state index is 13.8. The summed E-state index contributed by atoms with van der Waals surface area (Å²) < 4.78 is 59.6. The molecule has 1 rings (SSSR count). The van der Waals surface area contributed by atoms with Crippen molar-refractivity contribution in [3.63, 3.8) is 0 Å². The molecule has 0 aliphatic heterocycles. The van der Waals surface area contributed by atoms with E-state index in [4.69, 9.17) is 9.47 Å². The molecule has 0 saturated heterocycles. The molecular formula is C13H16F4O2. The van der Waals surface area contributed by atoms with Gasteiger partial charge in [0.2, 0.25) is 0 Å². The number of hydrogen-bond donors (Lipinski definition) is 0. The van der Waals surface area contributed by atoms with E-state index in [2.05, 4.69) is 0 Å². The van der Waals surface area contributed by atoms with Gasteiger partial charge in [0, 0.05) is 0 Å². The zero-order valence-electron chi connectivity index (χ0n) is 11.0. The van der Waals surface area contributed by atoms with E-state index in [-0.39, 0.29) is 17.4 Å². The first-order valence-electron chi connectivity index (χ1n) is 5.81. The van der Waals surface area contributed by atoms with Crippen LogP contribution in [-0.2, 0) is 0 Å². The monoisotopic (exact) mass is 280 g/mol. The number of rotatable bonds is 5. The molecule has 0 heterocycles. The van der Waals surface area contributed by atoms with Crippen LogP contribution >= 0.6 is 0 Å². The largest absolute Gasteiger partial charge is 0.493 e. The average Bonchev–Trinajstić information content (AvgIpc) is 2.28. The summed E-state index contributed by atoms with van der Waals surface area (Å²) in [7, 11) is 1.31. The molecule has 0 aliphatic rings. The van der Waals surface area contributed by atoms with Gasteiger partial charge >= 0.3 is 6.18 Å². The average molecular weight is 280 g/mol. The first kappa shape index (κ1) is 15.6. The number of ether oxygens (including phenoxy) is 2. The molecule has 0 atom stereocenters. The zero-order chi connectivity index (χ0) is 14.6. The zero-order valence-corrected chi connectivity index (χ0v) is 11.0. The van der Waals surface area contributed by atoms with Gasteiger partial charge in [0.05, 0.1) is 20.1 Å². The summed E-state index contributed by atoms with van der Waals surface area (Å²) >= 11 is 0. The van der Waals surface area contributed by atoms with Gasteiger partial charge in [-0.3, -0.25) is 0 Å². The third-order valence-electron chi connectivity index (χ3n) is 2.55. The summed E-state index contributed by atoms with van der Waals surface area (Å²) in [4.78, 5) is 0. The highest BCUT2D eigenvalue weighted by Crippen LogP contribution is 2.34. The summed E-state index contributed by atoms with van der Waals surface area (Å²) in [5.74, 6) is -0.820. The van der Waals surface area contributed by atoms with Gasteiger partial charge in [-0.15, -0.1) is 0 Å². The highest BCUT2D eigenvalue weighted by atomic mass is 19.4. The molecule has 0 radical (unpaired) electrons. The van der Waals surface area contributed by atoms with Crippen molar-refractivity contribution in [3.8, 4) is 11.5 Å². The standard InChI is InChI=1S/C13H16F4O2/c1-8(2)9-6-10(14)12(11(7-9)18-3)19-5-4-13(15,16)17/h6-8H,4-5H2,1-3H3. The Balaban J connectivity index is 2.88. The fourth-order valence-corrected chi connectivity index (χ4v) is 1.48. The molecule has 0 bridgehead atoms. The van der Waals surface area contributed by atoms with Gasteiger partial charge in [0.25, 0.3) is 0 Å². The van der Waals surface area contributed by atoms with E-state index in [1.165, 1.54) is 13.2 Å². The summed E-state index contributed by atoms with van der Waals surface area (Å²) in [6, 6.07) is 2.81. The van der Waals surface area contributed by atoms with Gasteiger partial charge in [0.1, 0.15) is 0 Å².